The Kier molecular flexibility index (Phi) is 3.73. The Hall–Kier alpha value is -0.610. The Morgan fingerprint density at radius 3 is 2.29 bits per heavy atom. The van der Waals surface area contributed by atoms with Crippen molar-refractivity contribution in [2.24, 2.45) is 5.73 Å². The lowest BCUT2D eigenvalue weighted by Crippen LogP contribution is -2.51. The van der Waals surface area contributed by atoms with Crippen molar-refractivity contribution in [3.63, 3.8) is 0 Å². The van der Waals surface area contributed by atoms with Gasteiger partial charge in [0.2, 0.25) is 5.91 Å². The molecule has 2 fully saturated rings. The summed E-state index contributed by atoms with van der Waals surface area (Å²) in [6.45, 7) is 0.391. The highest BCUT2D eigenvalue weighted by Crippen LogP contribution is 2.31. The molecule has 2 aliphatic rings. The van der Waals surface area contributed by atoms with Gasteiger partial charge >= 0.3 is 0 Å². The highest BCUT2D eigenvalue weighted by Gasteiger charge is 2.35. The van der Waals surface area contributed by atoms with Gasteiger partial charge in [0.1, 0.15) is 0 Å². The van der Waals surface area contributed by atoms with Gasteiger partial charge in [-0.2, -0.15) is 0 Å². The third-order valence-corrected chi connectivity index (χ3v) is 4.26. The summed E-state index contributed by atoms with van der Waals surface area (Å²) in [6, 6.07) is 0. The second kappa shape index (κ2) is 4.94. The van der Waals surface area contributed by atoms with E-state index in [0.717, 1.165) is 44.9 Å². The summed E-state index contributed by atoms with van der Waals surface area (Å²) in [7, 11) is 0. The zero-order valence-electron chi connectivity index (χ0n) is 10.5. The van der Waals surface area contributed by atoms with Crippen LogP contribution in [0.25, 0.3) is 0 Å². The first-order valence-corrected chi connectivity index (χ1v) is 6.79. The Morgan fingerprint density at radius 2 is 1.76 bits per heavy atom. The van der Waals surface area contributed by atoms with E-state index in [1.54, 1.807) is 0 Å². The summed E-state index contributed by atoms with van der Waals surface area (Å²) < 4.78 is 0. The first kappa shape index (κ1) is 12.8. The smallest absolute Gasteiger partial charge is 0.221 e. The van der Waals surface area contributed by atoms with E-state index in [4.69, 9.17) is 5.73 Å². The molecule has 0 saturated heterocycles. The van der Waals surface area contributed by atoms with Crippen molar-refractivity contribution < 1.29 is 9.90 Å². The van der Waals surface area contributed by atoms with Crippen molar-refractivity contribution in [3.05, 3.63) is 0 Å². The minimum atomic E-state index is -0.635. The molecule has 0 unspecified atom stereocenters. The van der Waals surface area contributed by atoms with Crippen LogP contribution in [-0.2, 0) is 4.79 Å². The van der Waals surface area contributed by atoms with Gasteiger partial charge in [-0.1, -0.05) is 19.3 Å². The average Bonchev–Trinajstić information content (AvgIpc) is 2.24. The minimum absolute atomic E-state index is 0.00488. The molecule has 0 radical (unpaired) electrons. The quantitative estimate of drug-likeness (QED) is 0.688. The van der Waals surface area contributed by atoms with Gasteiger partial charge in [-0.25, -0.2) is 0 Å². The first-order chi connectivity index (χ1) is 8.02. The van der Waals surface area contributed by atoms with Gasteiger partial charge in [-0.3, -0.25) is 4.79 Å². The van der Waals surface area contributed by atoms with Crippen molar-refractivity contribution in [2.45, 2.75) is 68.9 Å². The molecule has 0 aromatic carbocycles. The number of aliphatic hydroxyl groups is 1. The predicted molar refractivity (Wildman–Crippen MR) is 66.4 cm³/mol. The third kappa shape index (κ3) is 3.42. The summed E-state index contributed by atoms with van der Waals surface area (Å²) in [4.78, 5) is 11.8. The van der Waals surface area contributed by atoms with Crippen molar-refractivity contribution in [1.82, 2.24) is 5.32 Å². The lowest BCUT2D eigenvalue weighted by atomic mass is 9.79. The topological polar surface area (TPSA) is 75.4 Å². The van der Waals surface area contributed by atoms with Crippen molar-refractivity contribution in [2.75, 3.05) is 6.54 Å². The van der Waals surface area contributed by atoms with Crippen molar-refractivity contribution >= 4 is 5.91 Å². The van der Waals surface area contributed by atoms with Gasteiger partial charge in [0.25, 0.3) is 0 Å². The number of nitrogens with one attached hydrogen (secondary N) is 1. The summed E-state index contributed by atoms with van der Waals surface area (Å²) in [5.74, 6) is -0.00488. The van der Waals surface area contributed by atoms with Crippen LogP contribution >= 0.6 is 0 Å². The SMILES string of the molecule is NC1(CC(=O)NCC2(O)CCC2)CCCCC1. The van der Waals surface area contributed by atoms with Crippen LogP contribution in [-0.4, -0.2) is 28.7 Å². The molecule has 0 aliphatic heterocycles. The average molecular weight is 240 g/mol. The maximum Gasteiger partial charge on any atom is 0.221 e. The van der Waals surface area contributed by atoms with Crippen LogP contribution in [0.2, 0.25) is 0 Å². The lowest BCUT2D eigenvalue weighted by molar-refractivity contribution is -0.125. The van der Waals surface area contributed by atoms with Crippen molar-refractivity contribution in [3.8, 4) is 0 Å². The van der Waals surface area contributed by atoms with E-state index in [1.807, 2.05) is 0 Å². The van der Waals surface area contributed by atoms with Crippen LogP contribution in [0, 0.1) is 0 Å². The molecular formula is C13H24N2O2. The van der Waals surface area contributed by atoms with Crippen LogP contribution < -0.4 is 11.1 Å². The van der Waals surface area contributed by atoms with E-state index in [0.29, 0.717) is 13.0 Å². The largest absolute Gasteiger partial charge is 0.388 e. The number of carbonyl (C=O) groups is 1. The first-order valence-electron chi connectivity index (χ1n) is 6.79. The fourth-order valence-corrected chi connectivity index (χ4v) is 2.84. The van der Waals surface area contributed by atoms with Gasteiger partial charge in [0, 0.05) is 18.5 Å². The Bertz CT molecular complexity index is 281. The number of carbonyl (C=O) groups excluding carboxylic acids is 1. The number of nitrogens with two attached hydrogens (primary N) is 1. The molecule has 0 aromatic rings. The third-order valence-electron chi connectivity index (χ3n) is 4.26. The van der Waals surface area contributed by atoms with Crippen LogP contribution in [0.5, 0.6) is 0 Å². The summed E-state index contributed by atoms with van der Waals surface area (Å²) in [5, 5.41) is 12.7. The fourth-order valence-electron chi connectivity index (χ4n) is 2.84. The van der Waals surface area contributed by atoms with E-state index in [-0.39, 0.29) is 11.4 Å². The Morgan fingerprint density at radius 1 is 1.12 bits per heavy atom. The molecule has 0 spiro atoms. The molecule has 0 aromatic heterocycles. The van der Waals surface area contributed by atoms with Crippen LogP contribution in [0.4, 0.5) is 0 Å². The molecule has 4 heteroatoms. The molecule has 98 valence electrons. The van der Waals surface area contributed by atoms with E-state index >= 15 is 0 Å². The van der Waals surface area contributed by atoms with E-state index < -0.39 is 5.60 Å². The minimum Gasteiger partial charge on any atom is -0.388 e. The van der Waals surface area contributed by atoms with E-state index in [9.17, 15) is 9.90 Å². The second-order valence-corrected chi connectivity index (χ2v) is 5.95. The van der Waals surface area contributed by atoms with Gasteiger partial charge in [0.15, 0.2) is 0 Å². The van der Waals surface area contributed by atoms with Gasteiger partial charge in [0.05, 0.1) is 5.60 Å². The number of hydrogen-bond donors (Lipinski definition) is 3. The zero-order chi connectivity index (χ0) is 12.4. The van der Waals surface area contributed by atoms with Gasteiger partial charge in [-0.05, 0) is 32.1 Å². The molecule has 17 heavy (non-hydrogen) atoms. The summed E-state index contributed by atoms with van der Waals surface area (Å²) >= 11 is 0. The summed E-state index contributed by atoms with van der Waals surface area (Å²) in [6.07, 6.45) is 8.48. The van der Waals surface area contributed by atoms with E-state index in [2.05, 4.69) is 5.32 Å². The Labute approximate surface area is 103 Å². The van der Waals surface area contributed by atoms with Crippen LogP contribution in [0.3, 0.4) is 0 Å². The highest BCUT2D eigenvalue weighted by molar-refractivity contribution is 5.77. The predicted octanol–water partition coefficient (Wildman–Crippen LogP) is 1.07. The van der Waals surface area contributed by atoms with E-state index in [1.165, 1.54) is 6.42 Å². The number of rotatable bonds is 4. The standard InChI is InChI=1S/C13H24N2O2/c14-12(5-2-1-3-6-12)9-11(16)15-10-13(17)7-4-8-13/h17H,1-10,14H2,(H,15,16). The molecule has 0 bridgehead atoms. The second-order valence-electron chi connectivity index (χ2n) is 5.95. The molecule has 1 amide bonds. The number of amides is 1. The molecular weight excluding hydrogens is 216 g/mol. The fraction of sp³-hybridized carbons (Fsp3) is 0.923. The van der Waals surface area contributed by atoms with Gasteiger partial charge in [-0.15, -0.1) is 0 Å². The number of hydrogen-bond acceptors (Lipinski definition) is 3. The molecule has 4 nitrogen and oxygen atoms in total. The zero-order valence-corrected chi connectivity index (χ0v) is 10.5. The molecule has 0 heterocycles. The monoisotopic (exact) mass is 240 g/mol. The Balaban J connectivity index is 1.72. The lowest BCUT2D eigenvalue weighted by Gasteiger charge is -2.37. The molecule has 4 N–H and O–H groups in total. The van der Waals surface area contributed by atoms with Crippen molar-refractivity contribution in [1.29, 1.82) is 0 Å². The summed E-state index contributed by atoms with van der Waals surface area (Å²) in [5.41, 5.74) is 5.29. The highest BCUT2D eigenvalue weighted by atomic mass is 16.3. The van der Waals surface area contributed by atoms with Crippen LogP contribution in [0.15, 0.2) is 0 Å². The molecule has 2 aliphatic carbocycles. The van der Waals surface area contributed by atoms with Gasteiger partial charge < -0.3 is 16.2 Å². The maximum absolute atomic E-state index is 11.8. The van der Waals surface area contributed by atoms with Crippen LogP contribution in [0.1, 0.15) is 57.8 Å². The molecule has 2 rings (SSSR count). The maximum atomic E-state index is 11.8. The molecule has 0 atom stereocenters. The normalized spacial score (nSPS) is 26.0. The molecule has 2 saturated carbocycles.